The summed E-state index contributed by atoms with van der Waals surface area (Å²) >= 11 is 0. The SMILES string of the molecule is CC(=O)OC(C1CCCC1)C1CCCN1C.CCCCCCCCCCCCOS(=O)(=O)O. The Bertz CT molecular complexity index is 606. The highest BCUT2D eigenvalue weighted by Gasteiger charge is 2.37. The van der Waals surface area contributed by atoms with E-state index in [0.29, 0.717) is 18.4 Å². The normalized spacial score (nSPS) is 20.4. The molecule has 0 aromatic heterocycles. The molecule has 196 valence electrons. The highest BCUT2D eigenvalue weighted by Crippen LogP contribution is 2.34. The number of likely N-dealkylation sites (N-methyl/N-ethyl adjacent to an activating group) is 1. The van der Waals surface area contributed by atoms with Crippen LogP contribution in [-0.4, -0.2) is 56.2 Å². The molecule has 2 fully saturated rings. The molecule has 1 saturated heterocycles. The minimum atomic E-state index is -4.23. The molecule has 1 heterocycles. The number of hydrogen-bond donors (Lipinski definition) is 1. The van der Waals surface area contributed by atoms with E-state index in [1.54, 1.807) is 0 Å². The Morgan fingerprint density at radius 1 is 0.939 bits per heavy atom. The lowest BCUT2D eigenvalue weighted by Gasteiger charge is -2.32. The number of nitrogens with zero attached hydrogens (tertiary/aromatic N) is 1. The van der Waals surface area contributed by atoms with Crippen molar-refractivity contribution in [3.8, 4) is 0 Å². The van der Waals surface area contributed by atoms with Crippen LogP contribution in [-0.2, 0) is 24.1 Å². The summed E-state index contributed by atoms with van der Waals surface area (Å²) in [5, 5.41) is 0. The van der Waals surface area contributed by atoms with Gasteiger partial charge < -0.3 is 4.74 Å². The monoisotopic (exact) mass is 491 g/mol. The Morgan fingerprint density at radius 3 is 1.94 bits per heavy atom. The molecular formula is C25H49NO6S. The summed E-state index contributed by atoms with van der Waals surface area (Å²) < 4.78 is 38.6. The number of ether oxygens (including phenoxy) is 1. The van der Waals surface area contributed by atoms with Crippen LogP contribution in [0, 0.1) is 5.92 Å². The molecule has 7 nitrogen and oxygen atoms in total. The molecule has 2 unspecified atom stereocenters. The van der Waals surface area contributed by atoms with E-state index in [2.05, 4.69) is 23.1 Å². The van der Waals surface area contributed by atoms with Gasteiger partial charge in [-0.2, -0.15) is 8.42 Å². The second kappa shape index (κ2) is 17.7. The van der Waals surface area contributed by atoms with Gasteiger partial charge in [0.05, 0.1) is 6.61 Å². The van der Waals surface area contributed by atoms with E-state index in [1.165, 1.54) is 90.4 Å². The quantitative estimate of drug-likeness (QED) is 0.172. The van der Waals surface area contributed by atoms with Gasteiger partial charge in [-0.15, -0.1) is 0 Å². The number of carbonyl (C=O) groups is 1. The topological polar surface area (TPSA) is 93.1 Å². The minimum absolute atomic E-state index is 0.0926. The predicted molar refractivity (Wildman–Crippen MR) is 133 cm³/mol. The molecule has 0 amide bonds. The summed E-state index contributed by atoms with van der Waals surface area (Å²) in [5.74, 6) is 0.492. The second-order valence-electron chi connectivity index (χ2n) is 9.74. The van der Waals surface area contributed by atoms with Gasteiger partial charge in [0.1, 0.15) is 6.10 Å². The Morgan fingerprint density at radius 2 is 1.48 bits per heavy atom. The lowest BCUT2D eigenvalue weighted by atomic mass is 9.93. The number of esters is 1. The van der Waals surface area contributed by atoms with Crippen molar-refractivity contribution >= 4 is 16.4 Å². The molecule has 0 aromatic rings. The molecule has 0 bridgehead atoms. The highest BCUT2D eigenvalue weighted by atomic mass is 32.3. The fraction of sp³-hybridized carbons (Fsp3) is 0.960. The molecule has 0 spiro atoms. The van der Waals surface area contributed by atoms with Gasteiger partial charge in [0.15, 0.2) is 0 Å². The Balaban J connectivity index is 0.000000330. The van der Waals surface area contributed by atoms with Crippen molar-refractivity contribution in [3.05, 3.63) is 0 Å². The maximum absolute atomic E-state index is 11.2. The van der Waals surface area contributed by atoms with Crippen LogP contribution in [0.25, 0.3) is 0 Å². The van der Waals surface area contributed by atoms with Crippen molar-refractivity contribution in [1.29, 1.82) is 0 Å². The lowest BCUT2D eigenvalue weighted by molar-refractivity contribution is -0.152. The van der Waals surface area contributed by atoms with Crippen LogP contribution < -0.4 is 0 Å². The molecule has 2 aliphatic rings. The third kappa shape index (κ3) is 15.0. The Labute approximate surface area is 202 Å². The van der Waals surface area contributed by atoms with Gasteiger partial charge >= 0.3 is 16.4 Å². The van der Waals surface area contributed by atoms with E-state index in [4.69, 9.17) is 9.29 Å². The molecule has 0 aromatic carbocycles. The fourth-order valence-electron chi connectivity index (χ4n) is 5.07. The minimum Gasteiger partial charge on any atom is -0.461 e. The summed E-state index contributed by atoms with van der Waals surface area (Å²) in [7, 11) is -2.08. The van der Waals surface area contributed by atoms with Crippen molar-refractivity contribution in [3.63, 3.8) is 0 Å². The van der Waals surface area contributed by atoms with Crippen molar-refractivity contribution in [2.24, 2.45) is 5.92 Å². The Hall–Kier alpha value is -0.700. The van der Waals surface area contributed by atoms with Crippen LogP contribution in [0.15, 0.2) is 0 Å². The van der Waals surface area contributed by atoms with Crippen molar-refractivity contribution in [2.45, 2.75) is 129 Å². The second-order valence-corrected chi connectivity index (χ2v) is 10.8. The first-order valence-electron chi connectivity index (χ1n) is 13.2. The van der Waals surface area contributed by atoms with Crippen molar-refractivity contribution < 1.29 is 26.7 Å². The zero-order chi connectivity index (χ0) is 24.5. The van der Waals surface area contributed by atoms with E-state index in [1.807, 2.05) is 0 Å². The van der Waals surface area contributed by atoms with Crippen LogP contribution in [0.2, 0.25) is 0 Å². The van der Waals surface area contributed by atoms with E-state index >= 15 is 0 Å². The average Bonchev–Trinajstić information content (AvgIpc) is 3.42. The molecular weight excluding hydrogens is 442 g/mol. The number of unbranched alkanes of at least 4 members (excludes halogenated alkanes) is 9. The predicted octanol–water partition coefficient (Wildman–Crippen LogP) is 5.93. The van der Waals surface area contributed by atoms with Crippen LogP contribution in [0.1, 0.15) is 117 Å². The number of likely N-dealkylation sites (tertiary alicyclic amines) is 1. The molecule has 1 aliphatic carbocycles. The van der Waals surface area contributed by atoms with Crippen molar-refractivity contribution in [2.75, 3.05) is 20.2 Å². The first kappa shape index (κ1) is 30.3. The van der Waals surface area contributed by atoms with E-state index in [9.17, 15) is 13.2 Å². The molecule has 2 rings (SSSR count). The Kier molecular flexibility index (Phi) is 16.3. The zero-order valence-electron chi connectivity index (χ0n) is 21.3. The van der Waals surface area contributed by atoms with E-state index in [-0.39, 0.29) is 18.7 Å². The molecule has 1 aliphatic heterocycles. The van der Waals surface area contributed by atoms with Gasteiger partial charge in [0, 0.05) is 13.0 Å². The fourth-order valence-corrected chi connectivity index (χ4v) is 5.40. The molecule has 1 saturated carbocycles. The first-order chi connectivity index (χ1) is 15.7. The first-order valence-corrected chi connectivity index (χ1v) is 14.6. The average molecular weight is 492 g/mol. The third-order valence-electron chi connectivity index (χ3n) is 6.85. The summed E-state index contributed by atoms with van der Waals surface area (Å²) in [6.07, 6.45) is 19.5. The van der Waals surface area contributed by atoms with Crippen LogP contribution in [0.5, 0.6) is 0 Å². The van der Waals surface area contributed by atoms with Crippen LogP contribution in [0.4, 0.5) is 0 Å². The van der Waals surface area contributed by atoms with Crippen LogP contribution in [0.3, 0.4) is 0 Å². The van der Waals surface area contributed by atoms with Gasteiger partial charge in [-0.3, -0.25) is 14.2 Å². The van der Waals surface area contributed by atoms with Gasteiger partial charge in [0.25, 0.3) is 0 Å². The summed E-state index contributed by atoms with van der Waals surface area (Å²) in [6, 6.07) is 0.465. The molecule has 0 radical (unpaired) electrons. The third-order valence-corrected chi connectivity index (χ3v) is 7.32. The summed E-state index contributed by atoms with van der Waals surface area (Å²) in [4.78, 5) is 13.6. The highest BCUT2D eigenvalue weighted by molar-refractivity contribution is 7.80. The number of carbonyl (C=O) groups excluding carboxylic acids is 1. The van der Waals surface area contributed by atoms with Gasteiger partial charge in [-0.05, 0) is 51.6 Å². The van der Waals surface area contributed by atoms with E-state index in [0.717, 1.165) is 19.4 Å². The maximum Gasteiger partial charge on any atom is 0.397 e. The largest absolute Gasteiger partial charge is 0.461 e. The standard InChI is InChI=1S/C13H23NO2.C12H26O4S/c1-10(15)16-13(11-6-3-4-7-11)12-8-5-9-14(12)2;1-2-3-4-5-6-7-8-9-10-11-12-16-17(13,14)15/h11-13H,3-9H2,1-2H3;2-12H2,1H3,(H,13,14,15). The van der Waals surface area contributed by atoms with Gasteiger partial charge in [0.2, 0.25) is 0 Å². The van der Waals surface area contributed by atoms with E-state index < -0.39 is 10.4 Å². The number of hydrogen-bond acceptors (Lipinski definition) is 6. The number of rotatable bonds is 15. The summed E-state index contributed by atoms with van der Waals surface area (Å²) in [5.41, 5.74) is 0. The smallest absolute Gasteiger partial charge is 0.397 e. The maximum atomic E-state index is 11.2. The lowest BCUT2D eigenvalue weighted by Crippen LogP contribution is -2.43. The molecule has 1 N–H and O–H groups in total. The molecule has 2 atom stereocenters. The summed E-state index contributed by atoms with van der Waals surface area (Å²) in [6.45, 7) is 5.00. The van der Waals surface area contributed by atoms with Crippen LogP contribution >= 0.6 is 0 Å². The molecule has 8 heteroatoms. The molecule has 33 heavy (non-hydrogen) atoms. The van der Waals surface area contributed by atoms with Crippen molar-refractivity contribution in [1.82, 2.24) is 4.90 Å². The zero-order valence-corrected chi connectivity index (χ0v) is 22.1. The van der Waals surface area contributed by atoms with Gasteiger partial charge in [-0.25, -0.2) is 4.18 Å². The van der Waals surface area contributed by atoms with Gasteiger partial charge in [-0.1, -0.05) is 77.6 Å².